The Morgan fingerprint density at radius 2 is 1.82 bits per heavy atom. The summed E-state index contributed by atoms with van der Waals surface area (Å²) in [7, 11) is 0. The SMILES string of the molecule is CCCCCCOS(=O)c1ccc(OC(C)(C)CCO)cc1. The lowest BCUT2D eigenvalue weighted by molar-refractivity contribution is 0.0764. The summed E-state index contributed by atoms with van der Waals surface area (Å²) in [6.07, 6.45) is 4.97. The molecule has 1 unspecified atom stereocenters. The second kappa shape index (κ2) is 9.98. The predicted molar refractivity (Wildman–Crippen MR) is 89.4 cm³/mol. The van der Waals surface area contributed by atoms with Crippen molar-refractivity contribution in [2.75, 3.05) is 13.2 Å². The molecule has 0 aromatic heterocycles. The van der Waals surface area contributed by atoms with Gasteiger partial charge in [-0.05, 0) is 44.5 Å². The van der Waals surface area contributed by atoms with E-state index in [0.717, 1.165) is 12.8 Å². The van der Waals surface area contributed by atoms with Gasteiger partial charge < -0.3 is 9.84 Å². The van der Waals surface area contributed by atoms with Crippen molar-refractivity contribution in [3.05, 3.63) is 24.3 Å². The Morgan fingerprint density at radius 3 is 2.41 bits per heavy atom. The van der Waals surface area contributed by atoms with Crippen molar-refractivity contribution in [2.45, 2.75) is 63.4 Å². The number of benzene rings is 1. The maximum Gasteiger partial charge on any atom is 0.189 e. The molecular weight excluding hydrogens is 300 g/mol. The number of aliphatic hydroxyl groups is 1. The normalized spacial score (nSPS) is 13.1. The molecule has 126 valence electrons. The lowest BCUT2D eigenvalue weighted by Crippen LogP contribution is -2.29. The van der Waals surface area contributed by atoms with E-state index in [4.69, 9.17) is 14.0 Å². The lowest BCUT2D eigenvalue weighted by Gasteiger charge is -2.25. The fourth-order valence-electron chi connectivity index (χ4n) is 1.99. The van der Waals surface area contributed by atoms with Crippen molar-refractivity contribution in [3.63, 3.8) is 0 Å². The van der Waals surface area contributed by atoms with Gasteiger partial charge in [0.1, 0.15) is 11.4 Å². The third kappa shape index (κ3) is 7.38. The highest BCUT2D eigenvalue weighted by atomic mass is 32.2. The quantitative estimate of drug-likeness (QED) is 0.627. The molecule has 0 aliphatic heterocycles. The van der Waals surface area contributed by atoms with E-state index < -0.39 is 16.7 Å². The van der Waals surface area contributed by atoms with Crippen LogP contribution in [0.5, 0.6) is 5.75 Å². The Balaban J connectivity index is 2.45. The maximum atomic E-state index is 12.0. The van der Waals surface area contributed by atoms with Crippen molar-refractivity contribution < 1.29 is 18.2 Å². The van der Waals surface area contributed by atoms with E-state index in [0.29, 0.717) is 23.7 Å². The van der Waals surface area contributed by atoms with Crippen LogP contribution in [-0.2, 0) is 15.3 Å². The monoisotopic (exact) mass is 328 g/mol. The maximum absolute atomic E-state index is 12.0. The van der Waals surface area contributed by atoms with Crippen LogP contribution in [0.4, 0.5) is 0 Å². The first-order valence-electron chi connectivity index (χ1n) is 7.93. The van der Waals surface area contributed by atoms with Crippen molar-refractivity contribution >= 4 is 11.1 Å². The summed E-state index contributed by atoms with van der Waals surface area (Å²) in [4.78, 5) is 0.641. The van der Waals surface area contributed by atoms with Crippen LogP contribution in [0.1, 0.15) is 52.9 Å². The van der Waals surface area contributed by atoms with Gasteiger partial charge in [-0.25, -0.2) is 4.21 Å². The molecule has 0 saturated carbocycles. The molecule has 1 aromatic rings. The number of rotatable bonds is 11. The van der Waals surface area contributed by atoms with Gasteiger partial charge in [0.2, 0.25) is 0 Å². The van der Waals surface area contributed by atoms with Gasteiger partial charge in [0.25, 0.3) is 0 Å². The zero-order valence-electron chi connectivity index (χ0n) is 13.8. The van der Waals surface area contributed by atoms with Crippen LogP contribution < -0.4 is 4.74 Å². The molecule has 1 atom stereocenters. The standard InChI is InChI=1S/C17H28O4S/c1-4-5-6-7-14-20-22(19)16-10-8-15(9-11-16)21-17(2,3)12-13-18/h8-11,18H,4-7,12-14H2,1-3H3. The fraction of sp³-hybridized carbons (Fsp3) is 0.647. The van der Waals surface area contributed by atoms with Crippen LogP contribution in [-0.4, -0.2) is 28.1 Å². The molecule has 0 aliphatic rings. The first kappa shape index (κ1) is 19.1. The predicted octanol–water partition coefficient (Wildman–Crippen LogP) is 3.85. The lowest BCUT2D eigenvalue weighted by atomic mass is 10.1. The van der Waals surface area contributed by atoms with Gasteiger partial charge in [0, 0.05) is 13.0 Å². The second-order valence-electron chi connectivity index (χ2n) is 5.92. The van der Waals surface area contributed by atoms with E-state index in [-0.39, 0.29) is 6.61 Å². The van der Waals surface area contributed by atoms with E-state index in [1.165, 1.54) is 12.8 Å². The van der Waals surface area contributed by atoms with Crippen molar-refractivity contribution in [1.29, 1.82) is 0 Å². The van der Waals surface area contributed by atoms with Crippen LogP contribution in [0.25, 0.3) is 0 Å². The van der Waals surface area contributed by atoms with Crippen LogP contribution in [0, 0.1) is 0 Å². The van der Waals surface area contributed by atoms with Crippen LogP contribution in [0.3, 0.4) is 0 Å². The zero-order valence-corrected chi connectivity index (χ0v) is 14.7. The molecule has 0 saturated heterocycles. The molecule has 0 radical (unpaired) electrons. The molecule has 4 nitrogen and oxygen atoms in total. The Bertz CT molecular complexity index is 442. The summed E-state index contributed by atoms with van der Waals surface area (Å²) in [5.41, 5.74) is -0.425. The molecule has 0 fully saturated rings. The van der Waals surface area contributed by atoms with Crippen LogP contribution in [0.15, 0.2) is 29.2 Å². The van der Waals surface area contributed by atoms with E-state index in [9.17, 15) is 4.21 Å². The van der Waals surface area contributed by atoms with E-state index in [1.807, 2.05) is 13.8 Å². The van der Waals surface area contributed by atoms with E-state index >= 15 is 0 Å². The Labute approximate surface area is 136 Å². The zero-order chi connectivity index (χ0) is 16.4. The van der Waals surface area contributed by atoms with Gasteiger partial charge in [0.05, 0.1) is 11.5 Å². The second-order valence-corrected chi connectivity index (χ2v) is 7.10. The minimum absolute atomic E-state index is 0.0843. The van der Waals surface area contributed by atoms with Crippen LogP contribution in [0.2, 0.25) is 0 Å². The minimum atomic E-state index is -1.42. The fourth-order valence-corrected chi connectivity index (χ4v) is 2.75. The Kier molecular flexibility index (Phi) is 8.68. The number of hydrogen-bond acceptors (Lipinski definition) is 4. The molecule has 1 aromatic carbocycles. The highest BCUT2D eigenvalue weighted by Gasteiger charge is 2.19. The van der Waals surface area contributed by atoms with Crippen molar-refractivity contribution in [3.8, 4) is 5.75 Å². The van der Waals surface area contributed by atoms with E-state index in [2.05, 4.69) is 6.92 Å². The Hall–Kier alpha value is -0.910. The first-order valence-corrected chi connectivity index (χ1v) is 9.01. The average Bonchev–Trinajstić information content (AvgIpc) is 2.47. The summed E-state index contributed by atoms with van der Waals surface area (Å²) >= 11 is -1.42. The third-order valence-corrected chi connectivity index (χ3v) is 4.35. The number of aliphatic hydroxyl groups excluding tert-OH is 1. The molecule has 1 rings (SSSR count). The minimum Gasteiger partial charge on any atom is -0.488 e. The number of ether oxygens (including phenoxy) is 1. The summed E-state index contributed by atoms with van der Waals surface area (Å²) < 4.78 is 23.1. The number of unbranched alkanes of at least 4 members (excludes halogenated alkanes) is 3. The third-order valence-electron chi connectivity index (χ3n) is 3.31. The molecular formula is C17H28O4S. The molecule has 0 aliphatic carbocycles. The molecule has 0 spiro atoms. The molecule has 1 N–H and O–H groups in total. The summed E-state index contributed by atoms with van der Waals surface area (Å²) in [6, 6.07) is 7.08. The van der Waals surface area contributed by atoms with Gasteiger partial charge in [-0.15, -0.1) is 0 Å². The average molecular weight is 328 g/mol. The van der Waals surface area contributed by atoms with Gasteiger partial charge in [-0.1, -0.05) is 26.2 Å². The Morgan fingerprint density at radius 1 is 1.14 bits per heavy atom. The van der Waals surface area contributed by atoms with Crippen LogP contribution >= 0.6 is 0 Å². The van der Waals surface area contributed by atoms with Crippen molar-refractivity contribution in [2.24, 2.45) is 0 Å². The molecule has 22 heavy (non-hydrogen) atoms. The van der Waals surface area contributed by atoms with Gasteiger partial charge in [-0.3, -0.25) is 4.18 Å². The van der Waals surface area contributed by atoms with E-state index in [1.54, 1.807) is 24.3 Å². The van der Waals surface area contributed by atoms with Crippen molar-refractivity contribution in [1.82, 2.24) is 0 Å². The molecule has 0 heterocycles. The van der Waals surface area contributed by atoms with Gasteiger partial charge in [0.15, 0.2) is 11.1 Å². The topological polar surface area (TPSA) is 55.8 Å². The molecule has 5 heteroatoms. The van der Waals surface area contributed by atoms with Gasteiger partial charge in [-0.2, -0.15) is 0 Å². The summed E-state index contributed by atoms with van der Waals surface area (Å²) in [5, 5.41) is 9.00. The summed E-state index contributed by atoms with van der Waals surface area (Å²) in [5.74, 6) is 0.696. The first-order chi connectivity index (χ1) is 10.5. The molecule has 0 amide bonds. The highest BCUT2D eigenvalue weighted by Crippen LogP contribution is 2.22. The van der Waals surface area contributed by atoms with Gasteiger partial charge >= 0.3 is 0 Å². The largest absolute Gasteiger partial charge is 0.488 e. The summed E-state index contributed by atoms with van der Waals surface area (Å²) in [6.45, 7) is 6.61. The smallest absolute Gasteiger partial charge is 0.189 e. The molecule has 0 bridgehead atoms. The number of hydrogen-bond donors (Lipinski definition) is 1. The highest BCUT2D eigenvalue weighted by molar-refractivity contribution is 7.80.